The number of carbonyl (C=O) groups excluding carboxylic acids is 2. The van der Waals surface area contributed by atoms with Gasteiger partial charge in [0.05, 0.1) is 17.7 Å². The van der Waals surface area contributed by atoms with Crippen molar-refractivity contribution in [1.82, 2.24) is 9.80 Å². The number of rotatable bonds is 4. The Labute approximate surface area is 166 Å². The molecule has 3 rings (SSSR count). The first-order valence-corrected chi connectivity index (χ1v) is 9.89. The third-order valence-corrected chi connectivity index (χ3v) is 5.04. The van der Waals surface area contributed by atoms with Crippen LogP contribution in [0.1, 0.15) is 56.6 Å². The minimum atomic E-state index is -0.498. The Morgan fingerprint density at radius 3 is 2.50 bits per heavy atom. The van der Waals surface area contributed by atoms with Crippen molar-refractivity contribution < 1.29 is 23.8 Å². The molecule has 1 atom stereocenters. The SMILES string of the molecule is CCOc1ccc2c(c1C(C)N1CCN(C(=O)OC(C)(C)C)CC1)OCC2=O. The summed E-state index contributed by atoms with van der Waals surface area (Å²) in [6.07, 6.45) is -0.274. The van der Waals surface area contributed by atoms with Crippen LogP contribution in [0.25, 0.3) is 0 Å². The standard InChI is InChI=1S/C21H30N2O5/c1-6-26-17-8-7-15-16(24)13-27-19(15)18(17)14(2)22-9-11-23(12-10-22)20(25)28-21(3,4)5/h7-8,14H,6,9-13H2,1-5H3. The van der Waals surface area contributed by atoms with Crippen molar-refractivity contribution >= 4 is 11.9 Å². The van der Waals surface area contributed by atoms with Gasteiger partial charge < -0.3 is 19.1 Å². The van der Waals surface area contributed by atoms with Gasteiger partial charge >= 0.3 is 6.09 Å². The molecule has 2 heterocycles. The summed E-state index contributed by atoms with van der Waals surface area (Å²) in [6.45, 7) is 12.9. The number of ketones is 1. The van der Waals surface area contributed by atoms with Gasteiger partial charge in [0.15, 0.2) is 6.61 Å². The van der Waals surface area contributed by atoms with Crippen LogP contribution in [0.2, 0.25) is 0 Å². The van der Waals surface area contributed by atoms with Crippen LogP contribution >= 0.6 is 0 Å². The maximum Gasteiger partial charge on any atom is 0.410 e. The second-order valence-electron chi connectivity index (χ2n) is 8.18. The molecule has 7 nitrogen and oxygen atoms in total. The molecule has 1 unspecified atom stereocenters. The predicted molar refractivity (Wildman–Crippen MR) is 105 cm³/mol. The summed E-state index contributed by atoms with van der Waals surface area (Å²) in [5, 5.41) is 0. The summed E-state index contributed by atoms with van der Waals surface area (Å²) in [7, 11) is 0. The molecule has 28 heavy (non-hydrogen) atoms. The zero-order valence-electron chi connectivity index (χ0n) is 17.4. The molecule has 1 amide bonds. The first-order chi connectivity index (χ1) is 13.2. The summed E-state index contributed by atoms with van der Waals surface area (Å²) in [4.78, 5) is 28.4. The second kappa shape index (κ2) is 7.99. The molecule has 1 saturated heterocycles. The number of piperazine rings is 1. The topological polar surface area (TPSA) is 68.3 Å². The normalized spacial score (nSPS) is 18.5. The van der Waals surface area contributed by atoms with Crippen LogP contribution in [-0.4, -0.2) is 66.7 Å². The highest BCUT2D eigenvalue weighted by Gasteiger charge is 2.33. The fourth-order valence-corrected chi connectivity index (χ4v) is 3.65. The van der Waals surface area contributed by atoms with E-state index in [-0.39, 0.29) is 24.5 Å². The summed E-state index contributed by atoms with van der Waals surface area (Å²) in [5.74, 6) is 1.39. The van der Waals surface area contributed by atoms with Crippen LogP contribution in [0.4, 0.5) is 4.79 Å². The highest BCUT2D eigenvalue weighted by atomic mass is 16.6. The predicted octanol–water partition coefficient (Wildman–Crippen LogP) is 3.27. The van der Waals surface area contributed by atoms with E-state index < -0.39 is 5.60 Å². The molecule has 1 aromatic rings. The number of ether oxygens (including phenoxy) is 3. The molecular formula is C21H30N2O5. The van der Waals surface area contributed by atoms with Crippen LogP contribution in [0.5, 0.6) is 11.5 Å². The van der Waals surface area contributed by atoms with Gasteiger partial charge in [0.25, 0.3) is 0 Å². The summed E-state index contributed by atoms with van der Waals surface area (Å²) in [6, 6.07) is 3.65. The van der Waals surface area contributed by atoms with Crippen LogP contribution in [0.3, 0.4) is 0 Å². The van der Waals surface area contributed by atoms with Gasteiger partial charge in [-0.2, -0.15) is 0 Å². The van der Waals surface area contributed by atoms with Crippen molar-refractivity contribution in [2.45, 2.75) is 46.3 Å². The molecule has 7 heteroatoms. The van der Waals surface area contributed by atoms with Crippen molar-refractivity contribution in [3.63, 3.8) is 0 Å². The molecular weight excluding hydrogens is 360 g/mol. The number of Topliss-reactive ketones (excluding diaryl/α,β-unsaturated/α-hetero) is 1. The average Bonchev–Trinajstić information content (AvgIpc) is 3.01. The highest BCUT2D eigenvalue weighted by molar-refractivity contribution is 6.03. The number of carbonyl (C=O) groups is 2. The summed E-state index contributed by atoms with van der Waals surface area (Å²) in [5.41, 5.74) is 1.04. The molecule has 0 N–H and O–H groups in total. The third-order valence-electron chi connectivity index (χ3n) is 5.04. The smallest absolute Gasteiger partial charge is 0.410 e. The van der Waals surface area contributed by atoms with E-state index in [1.807, 2.05) is 33.8 Å². The summed E-state index contributed by atoms with van der Waals surface area (Å²) >= 11 is 0. The molecule has 154 valence electrons. The molecule has 2 aliphatic heterocycles. The Bertz CT molecular complexity index is 748. The molecule has 1 aromatic carbocycles. The zero-order chi connectivity index (χ0) is 20.5. The van der Waals surface area contributed by atoms with Crippen molar-refractivity contribution in [1.29, 1.82) is 0 Å². The van der Waals surface area contributed by atoms with Gasteiger partial charge in [-0.25, -0.2) is 4.79 Å². The quantitative estimate of drug-likeness (QED) is 0.786. The fraction of sp³-hybridized carbons (Fsp3) is 0.619. The van der Waals surface area contributed by atoms with E-state index in [2.05, 4.69) is 11.8 Å². The lowest BCUT2D eigenvalue weighted by molar-refractivity contribution is 0.0108. The Kier molecular flexibility index (Phi) is 5.84. The number of nitrogens with zero attached hydrogens (tertiary/aromatic N) is 2. The Morgan fingerprint density at radius 1 is 1.21 bits per heavy atom. The van der Waals surface area contributed by atoms with Crippen LogP contribution in [0, 0.1) is 0 Å². The molecule has 1 fully saturated rings. The number of fused-ring (bicyclic) bond motifs is 1. The van der Waals surface area contributed by atoms with Gasteiger partial charge in [-0.05, 0) is 46.8 Å². The molecule has 0 aliphatic carbocycles. The third kappa shape index (κ3) is 4.24. The van der Waals surface area contributed by atoms with E-state index in [0.29, 0.717) is 44.1 Å². The molecule has 0 radical (unpaired) electrons. The first kappa shape index (κ1) is 20.5. The lowest BCUT2D eigenvalue weighted by atomic mass is 9.99. The van der Waals surface area contributed by atoms with Gasteiger partial charge in [0.1, 0.15) is 17.1 Å². The van der Waals surface area contributed by atoms with E-state index in [0.717, 1.165) is 11.3 Å². The van der Waals surface area contributed by atoms with E-state index in [1.165, 1.54) is 0 Å². The number of benzene rings is 1. The lowest BCUT2D eigenvalue weighted by Gasteiger charge is -2.39. The number of amides is 1. The van der Waals surface area contributed by atoms with Crippen molar-refractivity contribution in [3.8, 4) is 11.5 Å². The van der Waals surface area contributed by atoms with E-state index >= 15 is 0 Å². The first-order valence-electron chi connectivity index (χ1n) is 9.89. The van der Waals surface area contributed by atoms with Gasteiger partial charge in [-0.15, -0.1) is 0 Å². The largest absolute Gasteiger partial charge is 0.493 e. The second-order valence-corrected chi connectivity index (χ2v) is 8.18. The van der Waals surface area contributed by atoms with Crippen LogP contribution in [-0.2, 0) is 4.74 Å². The van der Waals surface area contributed by atoms with Gasteiger partial charge in [0, 0.05) is 32.2 Å². The zero-order valence-corrected chi connectivity index (χ0v) is 17.4. The van der Waals surface area contributed by atoms with Gasteiger partial charge in [-0.1, -0.05) is 0 Å². The minimum Gasteiger partial charge on any atom is -0.493 e. The Morgan fingerprint density at radius 2 is 1.89 bits per heavy atom. The summed E-state index contributed by atoms with van der Waals surface area (Å²) < 4.78 is 17.0. The monoisotopic (exact) mass is 390 g/mol. The van der Waals surface area contributed by atoms with E-state index in [1.54, 1.807) is 11.0 Å². The Balaban J connectivity index is 1.74. The van der Waals surface area contributed by atoms with Crippen LogP contribution < -0.4 is 9.47 Å². The molecule has 2 aliphatic rings. The highest BCUT2D eigenvalue weighted by Crippen LogP contribution is 2.42. The fourth-order valence-electron chi connectivity index (χ4n) is 3.65. The number of hydrogen-bond donors (Lipinski definition) is 0. The van der Waals surface area contributed by atoms with Crippen molar-refractivity contribution in [3.05, 3.63) is 23.3 Å². The maximum absolute atomic E-state index is 12.3. The number of hydrogen-bond acceptors (Lipinski definition) is 6. The van der Waals surface area contributed by atoms with E-state index in [9.17, 15) is 9.59 Å². The van der Waals surface area contributed by atoms with Crippen LogP contribution in [0.15, 0.2) is 12.1 Å². The molecule has 0 saturated carbocycles. The van der Waals surface area contributed by atoms with Crippen molar-refractivity contribution in [2.24, 2.45) is 0 Å². The van der Waals surface area contributed by atoms with E-state index in [4.69, 9.17) is 14.2 Å². The molecule has 0 spiro atoms. The van der Waals surface area contributed by atoms with Gasteiger partial charge in [-0.3, -0.25) is 9.69 Å². The minimum absolute atomic E-state index is 0.00115. The van der Waals surface area contributed by atoms with Gasteiger partial charge in [0.2, 0.25) is 5.78 Å². The Hall–Kier alpha value is -2.28. The van der Waals surface area contributed by atoms with Crippen molar-refractivity contribution in [2.75, 3.05) is 39.4 Å². The molecule has 0 bridgehead atoms. The maximum atomic E-state index is 12.3. The average molecular weight is 390 g/mol. The molecule has 0 aromatic heterocycles. The lowest BCUT2D eigenvalue weighted by Crippen LogP contribution is -2.50.